The molecule has 57 heavy (non-hydrogen) atoms. The van der Waals surface area contributed by atoms with E-state index in [1.165, 1.54) is 12.7 Å². The van der Waals surface area contributed by atoms with Gasteiger partial charge in [-0.15, -0.1) is 0 Å². The number of ether oxygens (including phenoxy) is 2. The number of aryl methyl sites for hydroxylation is 1. The molecule has 0 bridgehead atoms. The van der Waals surface area contributed by atoms with Crippen LogP contribution in [0.3, 0.4) is 0 Å². The summed E-state index contributed by atoms with van der Waals surface area (Å²) in [6.45, 7) is 13.9. The number of anilines is 1. The molecule has 3 fully saturated rings. The smallest absolute Gasteiger partial charge is 0.417 e. The topological polar surface area (TPSA) is 161 Å². The molecule has 1 atom stereocenters. The van der Waals surface area contributed by atoms with Gasteiger partial charge in [-0.2, -0.15) is 0 Å². The Morgan fingerprint density at radius 2 is 1.60 bits per heavy atom. The van der Waals surface area contributed by atoms with Gasteiger partial charge in [0.15, 0.2) is 5.58 Å². The Kier molecular flexibility index (Phi) is 14.3. The van der Waals surface area contributed by atoms with Crippen LogP contribution in [0.15, 0.2) is 45.6 Å². The van der Waals surface area contributed by atoms with E-state index in [9.17, 15) is 24.0 Å². The number of carbonyl (C=O) groups excluding carboxylic acids is 4. The number of rotatable bonds is 9. The number of benzene rings is 2. The summed E-state index contributed by atoms with van der Waals surface area (Å²) in [4.78, 5) is 73.5. The minimum atomic E-state index is -0.456. The SMILES string of the molecule is CCCOC(=O)CN1CCC(N2CCN(C(=O)[C@H](C)Cc3cc(C)c4[nH]c(=O)oc4c3)CC2)CC1.COC(=O)N1CCC(N2CCc3ccccc3NC2=O)CC1. The van der Waals surface area contributed by atoms with Crippen molar-refractivity contribution in [2.24, 2.45) is 5.92 Å². The number of para-hydroxylation sites is 1. The third kappa shape index (κ3) is 10.7. The van der Waals surface area contributed by atoms with Gasteiger partial charge in [0, 0.05) is 82.6 Å². The Balaban J connectivity index is 0.000000214. The largest absolute Gasteiger partial charge is 0.465 e. The van der Waals surface area contributed by atoms with Crippen LogP contribution in [0.1, 0.15) is 62.6 Å². The molecule has 3 aromatic rings. The maximum atomic E-state index is 13.1. The van der Waals surface area contributed by atoms with Gasteiger partial charge in [0.2, 0.25) is 5.91 Å². The van der Waals surface area contributed by atoms with Gasteiger partial charge in [-0.25, -0.2) is 14.4 Å². The van der Waals surface area contributed by atoms with Crippen LogP contribution in [0.4, 0.5) is 15.3 Å². The first-order chi connectivity index (χ1) is 27.5. The monoisotopic (exact) mass is 789 g/mol. The summed E-state index contributed by atoms with van der Waals surface area (Å²) in [7, 11) is 1.40. The zero-order chi connectivity index (χ0) is 40.5. The molecule has 3 saturated heterocycles. The summed E-state index contributed by atoms with van der Waals surface area (Å²) >= 11 is 0. The van der Waals surface area contributed by atoms with E-state index < -0.39 is 5.76 Å². The number of aromatic amines is 1. The van der Waals surface area contributed by atoms with Gasteiger partial charge in [-0.1, -0.05) is 38.1 Å². The lowest BCUT2D eigenvalue weighted by atomic mass is 9.97. The van der Waals surface area contributed by atoms with Crippen molar-refractivity contribution in [3.8, 4) is 0 Å². The molecule has 0 unspecified atom stereocenters. The van der Waals surface area contributed by atoms with E-state index >= 15 is 0 Å². The Labute approximate surface area is 334 Å². The predicted octanol–water partition coefficient (Wildman–Crippen LogP) is 4.48. The Morgan fingerprint density at radius 1 is 0.895 bits per heavy atom. The number of piperidine rings is 2. The highest BCUT2D eigenvalue weighted by Gasteiger charge is 2.33. The molecule has 2 N–H and O–H groups in total. The summed E-state index contributed by atoms with van der Waals surface area (Å²) in [6, 6.07) is 12.5. The highest BCUT2D eigenvalue weighted by atomic mass is 16.5. The predicted molar refractivity (Wildman–Crippen MR) is 216 cm³/mol. The first-order valence-electron chi connectivity index (χ1n) is 20.5. The fraction of sp³-hybridized carbons (Fsp3) is 0.595. The lowest BCUT2D eigenvalue weighted by Crippen LogP contribution is -2.55. The maximum Gasteiger partial charge on any atom is 0.417 e. The zero-order valence-corrected chi connectivity index (χ0v) is 33.9. The number of methoxy groups -OCH3 is 1. The van der Waals surface area contributed by atoms with Crippen molar-refractivity contribution in [3.63, 3.8) is 0 Å². The Bertz CT molecular complexity index is 1900. The standard InChI is InChI=1S/C26H38N4O5.C16H21N3O3/c1-4-13-34-23(31)17-28-7-5-21(6-8-28)29-9-11-30(12-10-29)25(32)19(3)15-20-14-18(2)24-22(16-20)35-26(33)27-24;1-22-16(21)18-9-7-13(8-10-18)19-11-6-12-4-2-3-5-14(12)17-15(19)20/h14,16,19,21H,4-13,15,17H2,1-3H3,(H,27,33);2-5,13H,6-11H2,1H3,(H,17,20)/t19-;/m1./s1. The first kappa shape index (κ1) is 41.7. The van der Waals surface area contributed by atoms with Crippen molar-refractivity contribution in [1.29, 1.82) is 0 Å². The number of carbonyl (C=O) groups is 4. The fourth-order valence-electron chi connectivity index (χ4n) is 8.59. The van der Waals surface area contributed by atoms with Crippen molar-refractivity contribution < 1.29 is 33.1 Å². The molecule has 4 aliphatic heterocycles. The molecule has 7 rings (SSSR count). The van der Waals surface area contributed by atoms with Gasteiger partial charge < -0.3 is 33.9 Å². The number of urea groups is 1. The molecular weight excluding hydrogens is 731 g/mol. The van der Waals surface area contributed by atoms with Gasteiger partial charge >= 0.3 is 23.8 Å². The van der Waals surface area contributed by atoms with E-state index in [1.807, 2.05) is 60.9 Å². The molecule has 0 aliphatic carbocycles. The van der Waals surface area contributed by atoms with Crippen LogP contribution in [0.2, 0.25) is 0 Å². The van der Waals surface area contributed by atoms with Crippen molar-refractivity contribution in [2.75, 3.05) is 84.5 Å². The molecule has 15 heteroatoms. The van der Waals surface area contributed by atoms with Crippen molar-refractivity contribution in [3.05, 3.63) is 63.6 Å². The second kappa shape index (κ2) is 19.5. The lowest BCUT2D eigenvalue weighted by molar-refractivity contribution is -0.145. The van der Waals surface area contributed by atoms with E-state index in [4.69, 9.17) is 13.9 Å². The van der Waals surface area contributed by atoms with Crippen LogP contribution in [0, 0.1) is 12.8 Å². The molecular formula is C42H59N7O8. The number of oxazole rings is 1. The molecule has 4 amide bonds. The van der Waals surface area contributed by atoms with Gasteiger partial charge in [-0.3, -0.25) is 24.4 Å². The number of likely N-dealkylation sites (tertiary alicyclic amines) is 2. The quantitative estimate of drug-likeness (QED) is 0.296. The number of piperazine rings is 1. The molecule has 310 valence electrons. The number of hydrogen-bond acceptors (Lipinski definition) is 10. The van der Waals surface area contributed by atoms with Gasteiger partial charge in [0.05, 0.1) is 25.8 Å². The number of nitrogens with one attached hydrogen (secondary N) is 2. The second-order valence-electron chi connectivity index (χ2n) is 15.7. The first-order valence-corrected chi connectivity index (χ1v) is 20.5. The number of hydrogen-bond donors (Lipinski definition) is 2. The average Bonchev–Trinajstić information content (AvgIpc) is 3.52. The van der Waals surface area contributed by atoms with Gasteiger partial charge in [0.25, 0.3) is 0 Å². The number of amides is 4. The van der Waals surface area contributed by atoms with Crippen LogP contribution < -0.4 is 11.1 Å². The molecule has 0 radical (unpaired) electrons. The van der Waals surface area contributed by atoms with Crippen molar-refractivity contribution in [1.82, 2.24) is 29.5 Å². The molecule has 4 aliphatic rings. The number of fused-ring (bicyclic) bond motifs is 2. The average molecular weight is 790 g/mol. The zero-order valence-electron chi connectivity index (χ0n) is 33.9. The van der Waals surface area contributed by atoms with E-state index in [2.05, 4.69) is 26.2 Å². The van der Waals surface area contributed by atoms with E-state index in [1.54, 1.807) is 4.90 Å². The highest BCUT2D eigenvalue weighted by Crippen LogP contribution is 2.26. The fourth-order valence-corrected chi connectivity index (χ4v) is 8.59. The summed E-state index contributed by atoms with van der Waals surface area (Å²) in [5.41, 5.74) is 5.29. The number of esters is 1. The summed E-state index contributed by atoms with van der Waals surface area (Å²) in [5, 5.41) is 3.00. The molecule has 0 spiro atoms. The van der Waals surface area contributed by atoms with Crippen LogP contribution in [0.5, 0.6) is 0 Å². The molecule has 5 heterocycles. The van der Waals surface area contributed by atoms with Crippen LogP contribution in [-0.4, -0.2) is 145 Å². The van der Waals surface area contributed by atoms with E-state index in [0.29, 0.717) is 50.8 Å². The summed E-state index contributed by atoms with van der Waals surface area (Å²) in [6.07, 6.45) is 5.70. The number of H-pyrrole nitrogens is 1. The Morgan fingerprint density at radius 3 is 2.30 bits per heavy atom. The van der Waals surface area contributed by atoms with E-state index in [0.717, 1.165) is 100 Å². The van der Waals surface area contributed by atoms with Crippen LogP contribution >= 0.6 is 0 Å². The minimum Gasteiger partial charge on any atom is -0.465 e. The molecule has 15 nitrogen and oxygen atoms in total. The van der Waals surface area contributed by atoms with Gasteiger partial charge in [-0.05, 0) is 80.7 Å². The van der Waals surface area contributed by atoms with Crippen molar-refractivity contribution >= 4 is 40.8 Å². The lowest BCUT2D eigenvalue weighted by Gasteiger charge is -2.43. The van der Waals surface area contributed by atoms with Crippen molar-refractivity contribution in [2.45, 2.75) is 77.8 Å². The normalized spacial score (nSPS) is 19.2. The minimum absolute atomic E-state index is 0.0403. The molecule has 0 saturated carbocycles. The molecule has 2 aromatic carbocycles. The second-order valence-corrected chi connectivity index (χ2v) is 15.7. The molecule has 1 aromatic heterocycles. The third-order valence-corrected chi connectivity index (χ3v) is 11.8. The third-order valence-electron chi connectivity index (χ3n) is 11.8. The number of nitrogens with zero attached hydrogens (tertiary/aromatic N) is 5. The van der Waals surface area contributed by atoms with Gasteiger partial charge in [0.1, 0.15) is 0 Å². The van der Waals surface area contributed by atoms with Crippen LogP contribution in [-0.2, 0) is 31.9 Å². The Hall–Kier alpha value is -4.89. The van der Waals surface area contributed by atoms with Crippen LogP contribution in [0.25, 0.3) is 11.1 Å². The maximum absolute atomic E-state index is 13.1. The summed E-state index contributed by atoms with van der Waals surface area (Å²) in [5.74, 6) is -0.542. The number of aromatic nitrogens is 1. The highest BCUT2D eigenvalue weighted by molar-refractivity contribution is 5.91. The summed E-state index contributed by atoms with van der Waals surface area (Å²) < 4.78 is 15.2. The van der Waals surface area contributed by atoms with E-state index in [-0.39, 0.29) is 36.0 Å².